The molecule has 0 fully saturated rings. The van der Waals surface area contributed by atoms with E-state index < -0.39 is 15.8 Å². The normalized spacial score (nSPS) is 24.1. The van der Waals surface area contributed by atoms with Crippen LogP contribution >= 0.6 is 0 Å². The molecule has 1 atom stereocenters. The molecule has 102 valence electrons. The Morgan fingerprint density at radius 3 is 2.65 bits per heavy atom. The van der Waals surface area contributed by atoms with E-state index in [1.807, 2.05) is 12.1 Å². The van der Waals surface area contributed by atoms with E-state index >= 15 is 0 Å². The van der Waals surface area contributed by atoms with Crippen LogP contribution in [-0.4, -0.2) is 14.2 Å². The first-order valence-electron chi connectivity index (χ1n) is 6.13. The van der Waals surface area contributed by atoms with Gasteiger partial charge in [-0.15, -0.1) is 0 Å². The number of nitriles is 1. The predicted octanol–water partition coefficient (Wildman–Crippen LogP) is 1.52. The summed E-state index contributed by atoms with van der Waals surface area (Å²) < 4.78 is 29.8. The summed E-state index contributed by atoms with van der Waals surface area (Å²) in [5, 5.41) is 9.30. The molecule has 0 saturated carbocycles. The zero-order valence-corrected chi connectivity index (χ0v) is 11.4. The van der Waals surface area contributed by atoms with Gasteiger partial charge in [-0.25, -0.2) is 8.42 Å². The summed E-state index contributed by atoms with van der Waals surface area (Å²) >= 11 is 0. The second-order valence-corrected chi connectivity index (χ2v) is 6.77. The standard InChI is InChI=1S/C14H12N2O3S/c15-8-10-12(9-4-2-1-3-5-9)13-11(19-14(10)16)6-7-20(13,17)18/h1-5,12H,6-7,16H2. The van der Waals surface area contributed by atoms with Gasteiger partial charge in [0.1, 0.15) is 17.4 Å². The highest BCUT2D eigenvalue weighted by Gasteiger charge is 2.43. The molecule has 2 aliphatic heterocycles. The molecule has 20 heavy (non-hydrogen) atoms. The van der Waals surface area contributed by atoms with E-state index in [1.54, 1.807) is 24.3 Å². The average Bonchev–Trinajstić information content (AvgIpc) is 2.73. The number of sulfone groups is 1. The van der Waals surface area contributed by atoms with Crippen LogP contribution in [0.3, 0.4) is 0 Å². The van der Waals surface area contributed by atoms with Crippen LogP contribution < -0.4 is 5.73 Å². The second-order valence-electron chi connectivity index (χ2n) is 4.69. The molecule has 0 aromatic heterocycles. The van der Waals surface area contributed by atoms with Crippen LogP contribution in [0.25, 0.3) is 0 Å². The van der Waals surface area contributed by atoms with Crippen LogP contribution in [0, 0.1) is 11.3 Å². The number of hydrogen-bond acceptors (Lipinski definition) is 5. The lowest BCUT2D eigenvalue weighted by Gasteiger charge is -2.24. The highest BCUT2D eigenvalue weighted by atomic mass is 32.2. The number of allylic oxidation sites excluding steroid dienone is 3. The maximum absolute atomic E-state index is 12.2. The molecule has 1 aromatic rings. The molecule has 0 amide bonds. The monoisotopic (exact) mass is 288 g/mol. The molecular weight excluding hydrogens is 276 g/mol. The van der Waals surface area contributed by atoms with Crippen molar-refractivity contribution in [2.24, 2.45) is 5.73 Å². The molecule has 1 aromatic carbocycles. The van der Waals surface area contributed by atoms with Crippen molar-refractivity contribution in [2.45, 2.75) is 12.3 Å². The molecule has 0 aliphatic carbocycles. The number of rotatable bonds is 1. The minimum Gasteiger partial charge on any atom is -0.444 e. The molecule has 5 nitrogen and oxygen atoms in total. The fraction of sp³-hybridized carbons (Fsp3) is 0.214. The van der Waals surface area contributed by atoms with E-state index in [-0.39, 0.29) is 22.1 Å². The minimum atomic E-state index is -3.40. The summed E-state index contributed by atoms with van der Waals surface area (Å²) in [5.74, 6) is -0.280. The number of nitrogens with two attached hydrogens (primary N) is 1. The molecule has 3 rings (SSSR count). The quantitative estimate of drug-likeness (QED) is 0.845. The predicted molar refractivity (Wildman–Crippen MR) is 72.5 cm³/mol. The maximum Gasteiger partial charge on any atom is 0.205 e. The van der Waals surface area contributed by atoms with Crippen LogP contribution in [-0.2, 0) is 14.6 Å². The zero-order chi connectivity index (χ0) is 14.3. The molecule has 0 spiro atoms. The average molecular weight is 288 g/mol. The van der Waals surface area contributed by atoms with Crippen LogP contribution in [0.15, 0.2) is 52.5 Å². The Morgan fingerprint density at radius 2 is 2.00 bits per heavy atom. The maximum atomic E-state index is 12.2. The van der Waals surface area contributed by atoms with Gasteiger partial charge in [-0.1, -0.05) is 30.3 Å². The van der Waals surface area contributed by atoms with Gasteiger partial charge in [0, 0.05) is 6.42 Å². The van der Waals surface area contributed by atoms with Crippen molar-refractivity contribution in [3.05, 3.63) is 58.0 Å². The lowest BCUT2D eigenvalue weighted by atomic mass is 9.89. The molecule has 0 radical (unpaired) electrons. The Bertz CT molecular complexity index is 770. The first kappa shape index (κ1) is 12.8. The molecule has 0 saturated heterocycles. The summed E-state index contributed by atoms with van der Waals surface area (Å²) in [5.41, 5.74) is 6.65. The van der Waals surface area contributed by atoms with E-state index in [2.05, 4.69) is 0 Å². The number of benzene rings is 1. The van der Waals surface area contributed by atoms with Crippen LogP contribution in [0.1, 0.15) is 17.9 Å². The Kier molecular flexibility index (Phi) is 2.80. The number of hydrogen-bond donors (Lipinski definition) is 1. The molecule has 2 heterocycles. The minimum absolute atomic E-state index is 0.00259. The molecule has 0 bridgehead atoms. The van der Waals surface area contributed by atoms with Gasteiger partial charge in [-0.2, -0.15) is 5.26 Å². The third-order valence-electron chi connectivity index (χ3n) is 3.51. The fourth-order valence-electron chi connectivity index (χ4n) is 2.62. The van der Waals surface area contributed by atoms with Gasteiger partial charge in [0.25, 0.3) is 0 Å². The van der Waals surface area contributed by atoms with Crippen molar-refractivity contribution >= 4 is 9.84 Å². The largest absolute Gasteiger partial charge is 0.444 e. The number of ether oxygens (including phenoxy) is 1. The molecule has 2 N–H and O–H groups in total. The molecular formula is C14H12N2O3S. The second kappa shape index (κ2) is 4.39. The first-order valence-corrected chi connectivity index (χ1v) is 7.78. The van der Waals surface area contributed by atoms with E-state index in [0.29, 0.717) is 12.2 Å². The Hall–Kier alpha value is -2.26. The van der Waals surface area contributed by atoms with Crippen molar-refractivity contribution in [1.29, 1.82) is 5.26 Å². The van der Waals surface area contributed by atoms with Gasteiger partial charge < -0.3 is 10.5 Å². The highest BCUT2D eigenvalue weighted by molar-refractivity contribution is 7.95. The highest BCUT2D eigenvalue weighted by Crippen LogP contribution is 2.45. The van der Waals surface area contributed by atoms with Crippen molar-refractivity contribution in [1.82, 2.24) is 0 Å². The van der Waals surface area contributed by atoms with Gasteiger partial charge in [0.2, 0.25) is 5.88 Å². The zero-order valence-electron chi connectivity index (χ0n) is 10.5. The van der Waals surface area contributed by atoms with E-state index in [9.17, 15) is 13.7 Å². The fourth-order valence-corrected chi connectivity index (χ4v) is 4.40. The van der Waals surface area contributed by atoms with Crippen LogP contribution in [0.2, 0.25) is 0 Å². The van der Waals surface area contributed by atoms with Gasteiger partial charge >= 0.3 is 0 Å². The summed E-state index contributed by atoms with van der Waals surface area (Å²) in [7, 11) is -3.40. The van der Waals surface area contributed by atoms with Crippen molar-refractivity contribution < 1.29 is 13.2 Å². The number of nitrogens with zero attached hydrogens (tertiary/aromatic N) is 1. The van der Waals surface area contributed by atoms with Gasteiger partial charge in [-0.05, 0) is 5.56 Å². The van der Waals surface area contributed by atoms with Gasteiger partial charge in [-0.3, -0.25) is 0 Å². The summed E-state index contributed by atoms with van der Waals surface area (Å²) in [6.07, 6.45) is 0.306. The topological polar surface area (TPSA) is 93.2 Å². The van der Waals surface area contributed by atoms with E-state index in [4.69, 9.17) is 10.5 Å². The third kappa shape index (κ3) is 1.79. The van der Waals surface area contributed by atoms with Gasteiger partial charge in [0.15, 0.2) is 9.84 Å². The van der Waals surface area contributed by atoms with E-state index in [0.717, 1.165) is 5.56 Å². The molecule has 1 unspecified atom stereocenters. The summed E-state index contributed by atoms with van der Waals surface area (Å²) in [4.78, 5) is 0.189. The molecule has 6 heteroatoms. The lowest BCUT2D eigenvalue weighted by molar-refractivity contribution is 0.276. The summed E-state index contributed by atoms with van der Waals surface area (Å²) in [6, 6.07) is 11.0. The Morgan fingerprint density at radius 1 is 1.30 bits per heavy atom. The third-order valence-corrected chi connectivity index (χ3v) is 5.39. The van der Waals surface area contributed by atoms with Gasteiger partial charge in [0.05, 0.1) is 16.6 Å². The van der Waals surface area contributed by atoms with Crippen molar-refractivity contribution in [2.75, 3.05) is 5.75 Å². The van der Waals surface area contributed by atoms with E-state index in [1.165, 1.54) is 0 Å². The SMILES string of the molecule is N#CC1=C(N)OC2=C(C1c1ccccc1)S(=O)(=O)CC2. The molecule has 2 aliphatic rings. The smallest absolute Gasteiger partial charge is 0.205 e. The Labute approximate surface area is 116 Å². The van der Waals surface area contributed by atoms with Crippen molar-refractivity contribution in [3.63, 3.8) is 0 Å². The Balaban J connectivity index is 2.25. The lowest BCUT2D eigenvalue weighted by Crippen LogP contribution is -2.21. The van der Waals surface area contributed by atoms with Crippen LogP contribution in [0.5, 0.6) is 0 Å². The van der Waals surface area contributed by atoms with Crippen molar-refractivity contribution in [3.8, 4) is 6.07 Å². The van der Waals surface area contributed by atoms with Crippen LogP contribution in [0.4, 0.5) is 0 Å². The summed E-state index contributed by atoms with van der Waals surface area (Å²) in [6.45, 7) is 0. The first-order chi connectivity index (χ1) is 9.54.